The first kappa shape index (κ1) is 11.9. The Morgan fingerprint density at radius 1 is 1.33 bits per heavy atom. The molecule has 1 aliphatic heterocycles. The molecule has 1 saturated heterocycles. The number of aromatic nitrogens is 1. The largest absolute Gasteiger partial charge is 0.389 e. The first-order valence-electron chi connectivity index (χ1n) is 6.78. The van der Waals surface area contributed by atoms with Crippen LogP contribution in [0, 0.1) is 5.92 Å². The molecule has 1 aromatic rings. The summed E-state index contributed by atoms with van der Waals surface area (Å²) in [7, 11) is 0. The van der Waals surface area contributed by atoms with Gasteiger partial charge in [0.25, 0.3) is 0 Å². The van der Waals surface area contributed by atoms with E-state index in [9.17, 15) is 0 Å². The van der Waals surface area contributed by atoms with Crippen LogP contribution in [-0.2, 0) is 0 Å². The maximum atomic E-state index is 5.70. The third kappa shape index (κ3) is 2.09. The second kappa shape index (κ2) is 4.84. The van der Waals surface area contributed by atoms with Gasteiger partial charge in [-0.1, -0.05) is 25.1 Å². The lowest BCUT2D eigenvalue weighted by Crippen LogP contribution is -2.35. The van der Waals surface area contributed by atoms with Crippen molar-refractivity contribution >= 4 is 23.0 Å². The number of nitrogens with two attached hydrogens (primary N) is 1. The van der Waals surface area contributed by atoms with E-state index in [1.54, 1.807) is 0 Å². The van der Waals surface area contributed by atoms with E-state index in [0.717, 1.165) is 23.8 Å². The third-order valence-corrected chi connectivity index (χ3v) is 4.57. The lowest BCUT2D eigenvalue weighted by molar-refractivity contribution is 0.341. The summed E-state index contributed by atoms with van der Waals surface area (Å²) in [5.74, 6) is 1.92. The number of hydrogen-bond acceptors (Lipinski definition) is 3. The molecular formula is C14H19N3S. The van der Waals surface area contributed by atoms with Crippen molar-refractivity contribution < 1.29 is 0 Å². The lowest BCUT2D eigenvalue weighted by Gasteiger charge is -2.32. The molecular weight excluding hydrogens is 242 g/mol. The van der Waals surface area contributed by atoms with Gasteiger partial charge in [-0.3, -0.25) is 0 Å². The van der Waals surface area contributed by atoms with Gasteiger partial charge in [-0.15, -0.1) is 0 Å². The number of anilines is 1. The summed E-state index contributed by atoms with van der Waals surface area (Å²) in [6.45, 7) is 1.13. The molecule has 0 spiro atoms. The van der Waals surface area contributed by atoms with Crippen molar-refractivity contribution in [2.45, 2.75) is 38.1 Å². The van der Waals surface area contributed by atoms with E-state index in [0.29, 0.717) is 11.0 Å². The Morgan fingerprint density at radius 3 is 3.00 bits per heavy atom. The van der Waals surface area contributed by atoms with E-state index >= 15 is 0 Å². The van der Waals surface area contributed by atoms with Crippen molar-refractivity contribution in [2.24, 2.45) is 11.7 Å². The number of hydrogen-bond donors (Lipinski definition) is 1. The monoisotopic (exact) mass is 261 g/mol. The van der Waals surface area contributed by atoms with Gasteiger partial charge >= 0.3 is 0 Å². The summed E-state index contributed by atoms with van der Waals surface area (Å²) in [6, 6.07) is 4.62. The predicted molar refractivity (Wildman–Crippen MR) is 77.8 cm³/mol. The van der Waals surface area contributed by atoms with Crippen LogP contribution >= 0.6 is 12.2 Å². The molecule has 1 aliphatic carbocycles. The van der Waals surface area contributed by atoms with E-state index in [1.165, 1.54) is 32.1 Å². The summed E-state index contributed by atoms with van der Waals surface area (Å²) in [5.41, 5.74) is 6.62. The van der Waals surface area contributed by atoms with Gasteiger partial charge in [-0.05, 0) is 37.3 Å². The van der Waals surface area contributed by atoms with Gasteiger partial charge in [-0.25, -0.2) is 4.98 Å². The average molecular weight is 261 g/mol. The molecule has 18 heavy (non-hydrogen) atoms. The van der Waals surface area contributed by atoms with Crippen LogP contribution < -0.4 is 10.6 Å². The first-order valence-corrected chi connectivity index (χ1v) is 7.19. The molecule has 96 valence electrons. The molecule has 2 unspecified atom stereocenters. The zero-order valence-electron chi connectivity index (χ0n) is 10.5. The van der Waals surface area contributed by atoms with Crippen molar-refractivity contribution in [1.82, 2.24) is 4.98 Å². The summed E-state index contributed by atoms with van der Waals surface area (Å²) in [5, 5.41) is 0. The van der Waals surface area contributed by atoms with Crippen LogP contribution in [0.5, 0.6) is 0 Å². The fraction of sp³-hybridized carbons (Fsp3) is 0.571. The van der Waals surface area contributed by atoms with Crippen molar-refractivity contribution in [3.63, 3.8) is 0 Å². The Bertz CT molecular complexity index is 460. The first-order chi connectivity index (χ1) is 8.75. The van der Waals surface area contributed by atoms with E-state index < -0.39 is 0 Å². The molecule has 0 amide bonds. The predicted octanol–water partition coefficient (Wildman–Crippen LogP) is 2.48. The quantitative estimate of drug-likeness (QED) is 0.831. The minimum absolute atomic E-state index is 0.457. The van der Waals surface area contributed by atoms with Gasteiger partial charge in [0.1, 0.15) is 10.8 Å². The average Bonchev–Trinajstić information content (AvgIpc) is 2.82. The summed E-state index contributed by atoms with van der Waals surface area (Å²) < 4.78 is 0. The minimum Gasteiger partial charge on any atom is -0.389 e. The number of nitrogens with zero attached hydrogens (tertiary/aromatic N) is 2. The lowest BCUT2D eigenvalue weighted by atomic mass is 9.85. The van der Waals surface area contributed by atoms with Crippen LogP contribution in [0.4, 0.5) is 5.82 Å². The Morgan fingerprint density at radius 2 is 2.17 bits per heavy atom. The van der Waals surface area contributed by atoms with Gasteiger partial charge in [0.15, 0.2) is 0 Å². The highest BCUT2D eigenvalue weighted by molar-refractivity contribution is 7.80. The second-order valence-electron chi connectivity index (χ2n) is 5.36. The Hall–Kier alpha value is -1.16. The fourth-order valence-electron chi connectivity index (χ4n) is 3.42. The highest BCUT2D eigenvalue weighted by Gasteiger charge is 2.36. The smallest absolute Gasteiger partial charge is 0.129 e. The van der Waals surface area contributed by atoms with Crippen molar-refractivity contribution in [3.8, 4) is 0 Å². The molecule has 2 N–H and O–H groups in total. The summed E-state index contributed by atoms with van der Waals surface area (Å²) in [6.07, 6.45) is 8.57. The molecule has 0 radical (unpaired) electrons. The Balaban J connectivity index is 1.86. The molecule has 3 rings (SSSR count). The maximum Gasteiger partial charge on any atom is 0.129 e. The van der Waals surface area contributed by atoms with Crippen LogP contribution in [0.2, 0.25) is 0 Å². The van der Waals surface area contributed by atoms with Crippen LogP contribution in [-0.4, -0.2) is 22.6 Å². The Labute approximate surface area is 113 Å². The summed E-state index contributed by atoms with van der Waals surface area (Å²) in [4.78, 5) is 7.43. The normalized spacial score (nSPS) is 27.0. The van der Waals surface area contributed by atoms with Crippen LogP contribution in [0.15, 0.2) is 18.3 Å². The zero-order valence-corrected chi connectivity index (χ0v) is 11.3. The zero-order chi connectivity index (χ0) is 12.5. The van der Waals surface area contributed by atoms with E-state index in [-0.39, 0.29) is 0 Å². The molecule has 4 heteroatoms. The van der Waals surface area contributed by atoms with E-state index in [1.807, 2.05) is 18.3 Å². The van der Waals surface area contributed by atoms with Gasteiger partial charge in [0.2, 0.25) is 0 Å². The van der Waals surface area contributed by atoms with Gasteiger partial charge in [0.05, 0.1) is 0 Å². The number of pyridine rings is 1. The molecule has 3 nitrogen and oxygen atoms in total. The highest BCUT2D eigenvalue weighted by Crippen LogP contribution is 2.38. The van der Waals surface area contributed by atoms with Crippen molar-refractivity contribution in [3.05, 3.63) is 23.9 Å². The molecule has 2 fully saturated rings. The highest BCUT2D eigenvalue weighted by atomic mass is 32.1. The molecule has 1 saturated carbocycles. The van der Waals surface area contributed by atoms with Crippen LogP contribution in [0.1, 0.15) is 37.7 Å². The molecule has 0 aromatic carbocycles. The van der Waals surface area contributed by atoms with Gasteiger partial charge in [-0.2, -0.15) is 0 Å². The van der Waals surface area contributed by atoms with Crippen molar-refractivity contribution in [1.29, 1.82) is 0 Å². The number of thiocarbonyl (C=S) groups is 1. The number of rotatable bonds is 2. The standard InChI is InChI=1S/C14H19N3S/c15-14(18)11-5-7-16-13(9-11)17-8-6-10-3-1-2-4-12(10)17/h5,7,9-10,12H,1-4,6,8H2,(H2,15,18). The topological polar surface area (TPSA) is 42.1 Å². The fourth-order valence-corrected chi connectivity index (χ4v) is 3.55. The molecule has 2 heterocycles. The molecule has 2 atom stereocenters. The SMILES string of the molecule is NC(=S)c1ccnc(N2CCC3CCCCC32)c1. The van der Waals surface area contributed by atoms with Crippen molar-refractivity contribution in [2.75, 3.05) is 11.4 Å². The van der Waals surface area contributed by atoms with E-state index in [2.05, 4.69) is 9.88 Å². The second-order valence-corrected chi connectivity index (χ2v) is 5.80. The third-order valence-electron chi connectivity index (χ3n) is 4.33. The number of fused-ring (bicyclic) bond motifs is 1. The molecule has 1 aromatic heterocycles. The summed E-state index contributed by atoms with van der Waals surface area (Å²) >= 11 is 5.04. The molecule has 2 aliphatic rings. The molecule has 0 bridgehead atoms. The van der Waals surface area contributed by atoms with Crippen LogP contribution in [0.25, 0.3) is 0 Å². The minimum atomic E-state index is 0.457. The van der Waals surface area contributed by atoms with Gasteiger partial charge < -0.3 is 10.6 Å². The van der Waals surface area contributed by atoms with Gasteiger partial charge in [0, 0.05) is 24.3 Å². The van der Waals surface area contributed by atoms with Crippen LogP contribution in [0.3, 0.4) is 0 Å². The maximum absolute atomic E-state index is 5.70. The Kier molecular flexibility index (Phi) is 3.20. The van der Waals surface area contributed by atoms with E-state index in [4.69, 9.17) is 18.0 Å².